The van der Waals surface area contributed by atoms with Gasteiger partial charge in [-0.15, -0.1) is 0 Å². The van der Waals surface area contributed by atoms with E-state index in [1.807, 2.05) is 4.90 Å². The van der Waals surface area contributed by atoms with Gasteiger partial charge in [-0.3, -0.25) is 19.8 Å². The number of benzene rings is 1. The normalized spacial score (nSPS) is 18.7. The molecule has 11 heteroatoms. The van der Waals surface area contributed by atoms with Crippen molar-refractivity contribution in [3.05, 3.63) is 38.2 Å². The Hall–Kier alpha value is -2.27. The molecule has 0 radical (unpaired) electrons. The third-order valence-corrected chi connectivity index (χ3v) is 7.83. The lowest BCUT2D eigenvalue weighted by Gasteiger charge is -2.35. The fourth-order valence-corrected chi connectivity index (χ4v) is 5.93. The quantitative estimate of drug-likeness (QED) is 0.421. The largest absolute Gasteiger partial charge is 0.416 e. The fourth-order valence-electron chi connectivity index (χ4n) is 4.82. The highest BCUT2D eigenvalue weighted by Gasteiger charge is 2.34. The van der Waals surface area contributed by atoms with Gasteiger partial charge in [0.2, 0.25) is 0 Å². The molecule has 0 bridgehead atoms. The molecule has 0 spiro atoms. The Bertz CT molecular complexity index is 1060. The molecule has 1 saturated heterocycles. The predicted molar refractivity (Wildman–Crippen MR) is 122 cm³/mol. The number of aromatic nitrogens is 1. The van der Waals surface area contributed by atoms with E-state index in [0.29, 0.717) is 30.4 Å². The van der Waals surface area contributed by atoms with Crippen molar-refractivity contribution in [1.82, 2.24) is 9.88 Å². The number of nitro benzene ring substituents is 1. The zero-order valence-corrected chi connectivity index (χ0v) is 19.1. The van der Waals surface area contributed by atoms with E-state index in [0.717, 1.165) is 36.9 Å². The molecule has 2 aromatic rings. The van der Waals surface area contributed by atoms with Crippen molar-refractivity contribution in [1.29, 1.82) is 0 Å². The zero-order chi connectivity index (χ0) is 23.6. The van der Waals surface area contributed by atoms with Crippen LogP contribution in [0.15, 0.2) is 16.9 Å². The highest BCUT2D eigenvalue weighted by atomic mass is 32.1. The summed E-state index contributed by atoms with van der Waals surface area (Å²) < 4.78 is 39.3. The number of fused-ring (bicyclic) bond motifs is 1. The maximum atomic E-state index is 13.1. The van der Waals surface area contributed by atoms with E-state index in [1.54, 1.807) is 0 Å². The standard InChI is InChI=1S/C22H27F3N4O3S/c23-22(24,25)16-13-17-19(18(14-16)29(31)32)33-21(26-20(17)30)28-11-9-27(10-12-28)8-4-7-15-5-2-1-3-6-15/h13-15H,1-12H2. The molecule has 0 N–H and O–H groups in total. The minimum Gasteiger partial charge on any atom is -0.345 e. The van der Waals surface area contributed by atoms with Crippen LogP contribution in [-0.2, 0) is 6.18 Å². The Kier molecular flexibility index (Phi) is 7.18. The van der Waals surface area contributed by atoms with Crippen LogP contribution in [0, 0.1) is 16.0 Å². The number of nitrogens with zero attached hydrogens (tertiary/aromatic N) is 4. The molecule has 7 nitrogen and oxygen atoms in total. The van der Waals surface area contributed by atoms with Crippen molar-refractivity contribution < 1.29 is 18.1 Å². The second kappa shape index (κ2) is 9.92. The summed E-state index contributed by atoms with van der Waals surface area (Å²) in [7, 11) is 0. The third kappa shape index (κ3) is 5.63. The summed E-state index contributed by atoms with van der Waals surface area (Å²) in [6.07, 6.45) is 4.38. The number of hydrogen-bond acceptors (Lipinski definition) is 7. The van der Waals surface area contributed by atoms with E-state index < -0.39 is 27.9 Å². The van der Waals surface area contributed by atoms with Gasteiger partial charge in [0, 0.05) is 32.2 Å². The summed E-state index contributed by atoms with van der Waals surface area (Å²) >= 11 is 0.907. The van der Waals surface area contributed by atoms with Gasteiger partial charge >= 0.3 is 6.18 Å². The molecule has 33 heavy (non-hydrogen) atoms. The van der Waals surface area contributed by atoms with Crippen LogP contribution >= 0.6 is 11.3 Å². The van der Waals surface area contributed by atoms with E-state index >= 15 is 0 Å². The van der Waals surface area contributed by atoms with Gasteiger partial charge in [-0.05, 0) is 31.4 Å². The Morgan fingerprint density at radius 1 is 1.12 bits per heavy atom. The van der Waals surface area contributed by atoms with Gasteiger partial charge < -0.3 is 4.90 Å². The van der Waals surface area contributed by atoms with Crippen LogP contribution in [0.3, 0.4) is 0 Å². The molecule has 1 aliphatic heterocycles. The first kappa shape index (κ1) is 23.9. The van der Waals surface area contributed by atoms with E-state index in [9.17, 15) is 28.1 Å². The van der Waals surface area contributed by atoms with E-state index in [-0.39, 0.29) is 10.1 Å². The number of hydrogen-bond donors (Lipinski definition) is 0. The Morgan fingerprint density at radius 3 is 2.45 bits per heavy atom. The average Bonchev–Trinajstić information content (AvgIpc) is 2.79. The summed E-state index contributed by atoms with van der Waals surface area (Å²) in [6, 6.07) is 1.15. The zero-order valence-electron chi connectivity index (χ0n) is 18.3. The number of anilines is 1. The second-order valence-corrected chi connectivity index (χ2v) is 9.88. The third-order valence-electron chi connectivity index (χ3n) is 6.67. The van der Waals surface area contributed by atoms with E-state index in [1.165, 1.54) is 44.9 Å². The number of non-ortho nitro benzene ring substituents is 1. The van der Waals surface area contributed by atoms with Crippen LogP contribution < -0.4 is 10.5 Å². The van der Waals surface area contributed by atoms with Crippen molar-refractivity contribution in [2.24, 2.45) is 5.92 Å². The van der Waals surface area contributed by atoms with Gasteiger partial charge in [0.1, 0.15) is 4.70 Å². The summed E-state index contributed by atoms with van der Waals surface area (Å²) in [5.74, 6) is 0.854. The molecule has 1 aromatic carbocycles. The van der Waals surface area contributed by atoms with Crippen molar-refractivity contribution in [2.75, 3.05) is 37.6 Å². The van der Waals surface area contributed by atoms with E-state index in [4.69, 9.17) is 0 Å². The first-order chi connectivity index (χ1) is 15.7. The number of rotatable bonds is 6. The number of alkyl halides is 3. The highest BCUT2D eigenvalue weighted by molar-refractivity contribution is 7.22. The monoisotopic (exact) mass is 484 g/mol. The maximum absolute atomic E-state index is 13.1. The molecule has 0 amide bonds. The SMILES string of the molecule is O=c1nc(N2CCN(CCCC3CCCCC3)CC2)sc2c([N+](=O)[O-])cc(C(F)(F)F)cc12. The molecule has 2 aliphatic rings. The molecule has 4 rings (SSSR count). The first-order valence-corrected chi connectivity index (χ1v) is 12.2. The lowest BCUT2D eigenvalue weighted by atomic mass is 9.86. The van der Waals surface area contributed by atoms with Gasteiger partial charge in [0.05, 0.1) is 15.9 Å². The van der Waals surface area contributed by atoms with Crippen LogP contribution in [0.2, 0.25) is 0 Å². The van der Waals surface area contributed by atoms with Gasteiger partial charge in [-0.1, -0.05) is 43.4 Å². The number of halogens is 3. The fraction of sp³-hybridized carbons (Fsp3) is 0.636. The Labute approximate surface area is 193 Å². The lowest BCUT2D eigenvalue weighted by molar-refractivity contribution is -0.383. The van der Waals surface area contributed by atoms with Crippen LogP contribution in [0.4, 0.5) is 24.0 Å². The van der Waals surface area contributed by atoms with Crippen LogP contribution in [0.25, 0.3) is 10.1 Å². The summed E-state index contributed by atoms with van der Waals surface area (Å²) in [6.45, 7) is 3.84. The molecule has 0 unspecified atom stereocenters. The second-order valence-electron chi connectivity index (χ2n) is 8.90. The molecule has 2 heterocycles. The topological polar surface area (TPSA) is 79.6 Å². The van der Waals surface area contributed by atoms with Crippen molar-refractivity contribution >= 4 is 32.2 Å². The molecular formula is C22H27F3N4O3S. The van der Waals surface area contributed by atoms with Gasteiger partial charge in [-0.25, -0.2) is 0 Å². The van der Waals surface area contributed by atoms with Crippen LogP contribution in [-0.4, -0.2) is 47.5 Å². The molecular weight excluding hydrogens is 457 g/mol. The Morgan fingerprint density at radius 2 is 1.82 bits per heavy atom. The summed E-state index contributed by atoms with van der Waals surface area (Å²) in [4.78, 5) is 31.3. The predicted octanol–water partition coefficient (Wildman–Crippen LogP) is 5.07. The average molecular weight is 485 g/mol. The van der Waals surface area contributed by atoms with Crippen molar-refractivity contribution in [2.45, 2.75) is 51.1 Å². The molecule has 1 aromatic heterocycles. The molecule has 2 fully saturated rings. The molecule has 1 saturated carbocycles. The summed E-state index contributed by atoms with van der Waals surface area (Å²) in [5, 5.41) is 11.4. The van der Waals surface area contributed by atoms with Gasteiger partial charge in [0.15, 0.2) is 5.13 Å². The van der Waals surface area contributed by atoms with E-state index in [2.05, 4.69) is 9.88 Å². The van der Waals surface area contributed by atoms with Crippen molar-refractivity contribution in [3.63, 3.8) is 0 Å². The molecule has 180 valence electrons. The van der Waals surface area contributed by atoms with Gasteiger partial charge in [-0.2, -0.15) is 18.2 Å². The summed E-state index contributed by atoms with van der Waals surface area (Å²) in [5.41, 5.74) is -2.81. The molecule has 0 atom stereocenters. The van der Waals surface area contributed by atoms with Crippen molar-refractivity contribution in [3.8, 4) is 0 Å². The minimum absolute atomic E-state index is 0.0714. The first-order valence-electron chi connectivity index (χ1n) is 11.4. The number of piperazine rings is 1. The van der Waals surface area contributed by atoms with Crippen LogP contribution in [0.5, 0.6) is 0 Å². The number of nitro groups is 1. The van der Waals surface area contributed by atoms with Crippen LogP contribution in [0.1, 0.15) is 50.5 Å². The smallest absolute Gasteiger partial charge is 0.345 e. The molecule has 1 aliphatic carbocycles. The lowest BCUT2D eigenvalue weighted by Crippen LogP contribution is -2.47. The minimum atomic E-state index is -4.79. The van der Waals surface area contributed by atoms with Gasteiger partial charge in [0.25, 0.3) is 11.2 Å². The Balaban J connectivity index is 1.45. The highest BCUT2D eigenvalue weighted by Crippen LogP contribution is 2.38. The maximum Gasteiger partial charge on any atom is 0.416 e.